The molecule has 0 aromatic heterocycles. The van der Waals surface area contributed by atoms with E-state index in [1.165, 1.54) is 7.11 Å². The van der Waals surface area contributed by atoms with E-state index < -0.39 is 6.04 Å². The van der Waals surface area contributed by atoms with Crippen molar-refractivity contribution in [3.05, 3.63) is 107 Å². The zero-order valence-corrected chi connectivity index (χ0v) is 15.6. The first-order valence-electron chi connectivity index (χ1n) is 8.99. The second kappa shape index (κ2) is 8.95. The second-order valence-electron chi connectivity index (χ2n) is 6.44. The molecule has 3 aromatic rings. The van der Waals surface area contributed by atoms with E-state index in [4.69, 9.17) is 9.73 Å². The van der Waals surface area contributed by atoms with Crippen LogP contribution in [0.3, 0.4) is 0 Å². The predicted molar refractivity (Wildman–Crippen MR) is 109 cm³/mol. The standard InChI is InChI=1S/C24H23NO2/c1-18-10-9-11-19(16-18)17-22(24(26)27-2)25-23(20-12-5-3-6-13-20)21-14-7-4-8-15-21/h3-16,22H,17H2,1-2H3. The number of ether oxygens (including phenoxy) is 1. The lowest BCUT2D eigenvalue weighted by Crippen LogP contribution is -2.25. The van der Waals surface area contributed by atoms with Crippen molar-refractivity contribution in [2.75, 3.05) is 7.11 Å². The largest absolute Gasteiger partial charge is 0.467 e. The zero-order valence-electron chi connectivity index (χ0n) is 15.6. The number of carbonyl (C=O) groups excluding carboxylic acids is 1. The van der Waals surface area contributed by atoms with Crippen LogP contribution in [0.2, 0.25) is 0 Å². The van der Waals surface area contributed by atoms with Crippen molar-refractivity contribution in [1.82, 2.24) is 0 Å². The first-order valence-corrected chi connectivity index (χ1v) is 8.99. The van der Waals surface area contributed by atoms with Gasteiger partial charge >= 0.3 is 5.97 Å². The number of aliphatic imine (C=N–C) groups is 1. The summed E-state index contributed by atoms with van der Waals surface area (Å²) in [6.07, 6.45) is 0.498. The molecule has 0 fully saturated rings. The Hall–Kier alpha value is -3.20. The normalized spacial score (nSPS) is 11.5. The number of hydrogen-bond donors (Lipinski definition) is 0. The number of hydrogen-bond acceptors (Lipinski definition) is 3. The Morgan fingerprint density at radius 1 is 0.889 bits per heavy atom. The van der Waals surface area contributed by atoms with Gasteiger partial charge in [-0.1, -0.05) is 90.5 Å². The molecule has 1 atom stereocenters. The van der Waals surface area contributed by atoms with Gasteiger partial charge in [-0.05, 0) is 12.5 Å². The van der Waals surface area contributed by atoms with E-state index in [0.29, 0.717) is 6.42 Å². The van der Waals surface area contributed by atoms with Gasteiger partial charge in [-0.3, -0.25) is 4.99 Å². The Labute approximate surface area is 160 Å². The fourth-order valence-electron chi connectivity index (χ4n) is 3.04. The van der Waals surface area contributed by atoms with Gasteiger partial charge in [0.1, 0.15) is 0 Å². The third-order valence-electron chi connectivity index (χ3n) is 4.36. The first-order chi connectivity index (χ1) is 13.2. The molecule has 0 heterocycles. The minimum atomic E-state index is -0.604. The van der Waals surface area contributed by atoms with Crippen LogP contribution in [0.1, 0.15) is 22.3 Å². The van der Waals surface area contributed by atoms with Crippen LogP contribution in [-0.4, -0.2) is 24.8 Å². The molecule has 0 aliphatic rings. The minimum absolute atomic E-state index is 0.333. The summed E-state index contributed by atoms with van der Waals surface area (Å²) in [4.78, 5) is 17.3. The third-order valence-corrected chi connectivity index (χ3v) is 4.36. The third kappa shape index (κ3) is 4.91. The quantitative estimate of drug-likeness (QED) is 0.477. The van der Waals surface area contributed by atoms with Gasteiger partial charge in [0.15, 0.2) is 6.04 Å². The van der Waals surface area contributed by atoms with E-state index in [9.17, 15) is 4.79 Å². The lowest BCUT2D eigenvalue weighted by molar-refractivity contribution is -0.142. The van der Waals surface area contributed by atoms with Gasteiger partial charge in [-0.2, -0.15) is 0 Å². The van der Waals surface area contributed by atoms with Crippen molar-refractivity contribution in [2.45, 2.75) is 19.4 Å². The van der Waals surface area contributed by atoms with Crippen LogP contribution in [0.25, 0.3) is 0 Å². The van der Waals surface area contributed by atoms with Crippen molar-refractivity contribution >= 4 is 11.7 Å². The Balaban J connectivity index is 2.04. The van der Waals surface area contributed by atoms with E-state index in [1.54, 1.807) is 0 Å². The summed E-state index contributed by atoms with van der Waals surface area (Å²) < 4.78 is 5.04. The zero-order chi connectivity index (χ0) is 19.1. The minimum Gasteiger partial charge on any atom is -0.467 e. The van der Waals surface area contributed by atoms with E-state index in [-0.39, 0.29) is 5.97 Å². The van der Waals surface area contributed by atoms with E-state index in [0.717, 1.165) is 28.0 Å². The van der Waals surface area contributed by atoms with Crippen LogP contribution in [0.4, 0.5) is 0 Å². The molecule has 3 rings (SSSR count). The lowest BCUT2D eigenvalue weighted by Gasteiger charge is -2.15. The molecule has 27 heavy (non-hydrogen) atoms. The van der Waals surface area contributed by atoms with Crippen LogP contribution in [0, 0.1) is 6.92 Å². The Morgan fingerprint density at radius 3 is 2.00 bits per heavy atom. The summed E-state index contributed by atoms with van der Waals surface area (Å²) in [7, 11) is 1.41. The van der Waals surface area contributed by atoms with Gasteiger partial charge in [0.05, 0.1) is 12.8 Å². The second-order valence-corrected chi connectivity index (χ2v) is 6.44. The highest BCUT2D eigenvalue weighted by atomic mass is 16.5. The smallest absolute Gasteiger partial charge is 0.330 e. The average molecular weight is 357 g/mol. The number of carbonyl (C=O) groups is 1. The van der Waals surface area contributed by atoms with Crippen molar-refractivity contribution in [3.63, 3.8) is 0 Å². The number of nitrogens with zero attached hydrogens (tertiary/aromatic N) is 1. The monoisotopic (exact) mass is 357 g/mol. The molecule has 0 spiro atoms. The molecule has 0 radical (unpaired) electrons. The van der Waals surface area contributed by atoms with Crippen LogP contribution in [0.5, 0.6) is 0 Å². The summed E-state index contributed by atoms with van der Waals surface area (Å²) >= 11 is 0. The Morgan fingerprint density at radius 2 is 1.48 bits per heavy atom. The molecule has 0 saturated heterocycles. The highest BCUT2D eigenvalue weighted by Crippen LogP contribution is 2.16. The maximum Gasteiger partial charge on any atom is 0.330 e. The molecule has 3 nitrogen and oxygen atoms in total. The predicted octanol–water partition coefficient (Wildman–Crippen LogP) is 4.62. The summed E-state index contributed by atoms with van der Waals surface area (Å²) in [6, 6.07) is 27.4. The molecular weight excluding hydrogens is 334 g/mol. The number of esters is 1. The van der Waals surface area contributed by atoms with E-state index in [1.807, 2.05) is 85.8 Å². The van der Waals surface area contributed by atoms with Gasteiger partial charge in [0, 0.05) is 17.5 Å². The van der Waals surface area contributed by atoms with Crippen molar-refractivity contribution in [1.29, 1.82) is 0 Å². The number of rotatable bonds is 6. The number of aryl methyl sites for hydroxylation is 1. The lowest BCUT2D eigenvalue weighted by atomic mass is 10.00. The van der Waals surface area contributed by atoms with Gasteiger partial charge < -0.3 is 4.74 Å². The molecule has 0 aliphatic heterocycles. The van der Waals surface area contributed by atoms with Crippen molar-refractivity contribution < 1.29 is 9.53 Å². The fourth-order valence-corrected chi connectivity index (χ4v) is 3.04. The van der Waals surface area contributed by atoms with Gasteiger partial charge in [0.2, 0.25) is 0 Å². The van der Waals surface area contributed by atoms with Crippen LogP contribution >= 0.6 is 0 Å². The highest BCUT2D eigenvalue weighted by molar-refractivity contribution is 6.13. The van der Waals surface area contributed by atoms with E-state index >= 15 is 0 Å². The topological polar surface area (TPSA) is 38.7 Å². The van der Waals surface area contributed by atoms with Gasteiger partial charge in [-0.15, -0.1) is 0 Å². The molecular formula is C24H23NO2. The molecule has 0 amide bonds. The molecule has 3 aromatic carbocycles. The molecule has 3 heteroatoms. The average Bonchev–Trinajstić information content (AvgIpc) is 2.72. The van der Waals surface area contributed by atoms with Crippen molar-refractivity contribution in [3.8, 4) is 0 Å². The van der Waals surface area contributed by atoms with E-state index in [2.05, 4.69) is 6.07 Å². The number of benzene rings is 3. The fraction of sp³-hybridized carbons (Fsp3) is 0.167. The molecule has 0 saturated carbocycles. The Bertz CT molecular complexity index is 876. The summed E-state index contributed by atoms with van der Waals surface area (Å²) in [5.41, 5.74) is 4.96. The van der Waals surface area contributed by atoms with Gasteiger partial charge in [-0.25, -0.2) is 4.79 Å². The first kappa shape index (κ1) is 18.6. The molecule has 0 bridgehead atoms. The molecule has 1 unspecified atom stereocenters. The van der Waals surface area contributed by atoms with Crippen molar-refractivity contribution in [2.24, 2.45) is 4.99 Å². The maximum absolute atomic E-state index is 12.5. The highest BCUT2D eigenvalue weighted by Gasteiger charge is 2.21. The molecule has 136 valence electrons. The van der Waals surface area contributed by atoms with Crippen LogP contribution in [-0.2, 0) is 16.0 Å². The Kier molecular flexibility index (Phi) is 6.16. The van der Waals surface area contributed by atoms with Crippen LogP contribution in [0.15, 0.2) is 89.9 Å². The SMILES string of the molecule is COC(=O)C(Cc1cccc(C)c1)N=C(c1ccccc1)c1ccccc1. The number of methoxy groups -OCH3 is 1. The van der Waals surface area contributed by atoms with Gasteiger partial charge in [0.25, 0.3) is 0 Å². The molecule has 0 aliphatic carbocycles. The summed E-state index contributed by atoms with van der Waals surface area (Å²) in [5, 5.41) is 0. The molecule has 0 N–H and O–H groups in total. The maximum atomic E-state index is 12.5. The summed E-state index contributed by atoms with van der Waals surface area (Å²) in [6.45, 7) is 2.04. The summed E-state index contributed by atoms with van der Waals surface area (Å²) in [5.74, 6) is -0.333. The van der Waals surface area contributed by atoms with Crippen LogP contribution < -0.4 is 0 Å².